The highest BCUT2D eigenvalue weighted by atomic mass is 16.4. The number of hydrogen-bond donors (Lipinski definition) is 2. The maximum atomic E-state index is 11.7. The zero-order valence-corrected chi connectivity index (χ0v) is 9.32. The lowest BCUT2D eigenvalue weighted by Crippen LogP contribution is -2.36. The predicted octanol–water partition coefficient (Wildman–Crippen LogP) is 1.57. The molecule has 0 aromatic carbocycles. The van der Waals surface area contributed by atoms with Gasteiger partial charge >= 0.3 is 5.97 Å². The van der Waals surface area contributed by atoms with E-state index in [1.54, 1.807) is 13.0 Å². The van der Waals surface area contributed by atoms with Crippen molar-refractivity contribution in [2.45, 2.75) is 32.7 Å². The molecule has 0 aliphatic rings. The van der Waals surface area contributed by atoms with Gasteiger partial charge in [0, 0.05) is 11.6 Å². The van der Waals surface area contributed by atoms with E-state index in [2.05, 4.69) is 5.32 Å². The lowest BCUT2D eigenvalue weighted by molar-refractivity contribution is -0.137. The Morgan fingerprint density at radius 1 is 1.56 bits per heavy atom. The highest BCUT2D eigenvalue weighted by Gasteiger charge is 2.18. The molecule has 1 amide bonds. The van der Waals surface area contributed by atoms with Crippen LogP contribution in [-0.4, -0.2) is 23.0 Å². The van der Waals surface area contributed by atoms with E-state index in [0.29, 0.717) is 6.42 Å². The molecule has 5 heteroatoms. The molecule has 5 nitrogen and oxygen atoms in total. The van der Waals surface area contributed by atoms with Crippen molar-refractivity contribution in [2.24, 2.45) is 0 Å². The van der Waals surface area contributed by atoms with Gasteiger partial charge in [-0.25, -0.2) is 0 Å². The van der Waals surface area contributed by atoms with Crippen LogP contribution in [0.2, 0.25) is 0 Å². The van der Waals surface area contributed by atoms with Crippen molar-refractivity contribution in [1.82, 2.24) is 5.32 Å². The zero-order valence-electron chi connectivity index (χ0n) is 9.32. The van der Waals surface area contributed by atoms with E-state index < -0.39 is 5.97 Å². The van der Waals surface area contributed by atoms with Crippen LogP contribution < -0.4 is 5.32 Å². The van der Waals surface area contributed by atoms with Crippen LogP contribution in [0, 0.1) is 6.92 Å². The number of rotatable bonds is 5. The van der Waals surface area contributed by atoms with Crippen LogP contribution in [0.4, 0.5) is 0 Å². The molecular formula is C11H15NO4. The third-order valence-electron chi connectivity index (χ3n) is 2.32. The minimum absolute atomic E-state index is 0.0814. The molecule has 2 N–H and O–H groups in total. The molecular weight excluding hydrogens is 210 g/mol. The second kappa shape index (κ2) is 5.34. The highest BCUT2D eigenvalue weighted by Crippen LogP contribution is 2.09. The Hall–Kier alpha value is -1.78. The number of carboxylic acid groups (broad SMARTS) is 1. The Labute approximate surface area is 93.4 Å². The monoisotopic (exact) mass is 225 g/mol. The maximum absolute atomic E-state index is 11.7. The van der Waals surface area contributed by atoms with Gasteiger partial charge in [-0.15, -0.1) is 0 Å². The van der Waals surface area contributed by atoms with Gasteiger partial charge in [0.2, 0.25) is 0 Å². The van der Waals surface area contributed by atoms with Crippen molar-refractivity contribution < 1.29 is 19.1 Å². The van der Waals surface area contributed by atoms with Gasteiger partial charge in [-0.3, -0.25) is 9.59 Å². The molecule has 1 aromatic rings. The van der Waals surface area contributed by atoms with Gasteiger partial charge in [0.15, 0.2) is 5.76 Å². The number of nitrogens with one attached hydrogen (secondary N) is 1. The van der Waals surface area contributed by atoms with Crippen molar-refractivity contribution in [2.75, 3.05) is 0 Å². The molecule has 1 heterocycles. The van der Waals surface area contributed by atoms with Crippen molar-refractivity contribution in [1.29, 1.82) is 0 Å². The minimum atomic E-state index is -0.927. The molecule has 88 valence electrons. The highest BCUT2D eigenvalue weighted by molar-refractivity contribution is 5.93. The first kappa shape index (κ1) is 12.3. The largest absolute Gasteiger partial charge is 0.481 e. The second-order valence-corrected chi connectivity index (χ2v) is 3.61. The number of aryl methyl sites for hydroxylation is 1. The van der Waals surface area contributed by atoms with E-state index in [1.165, 1.54) is 6.26 Å². The van der Waals surface area contributed by atoms with Gasteiger partial charge in [0.1, 0.15) is 0 Å². The Balaban J connectivity index is 2.62. The fourth-order valence-corrected chi connectivity index (χ4v) is 1.36. The van der Waals surface area contributed by atoms with E-state index in [0.717, 1.165) is 5.56 Å². The number of amides is 1. The molecule has 0 spiro atoms. The molecule has 1 aromatic heterocycles. The Morgan fingerprint density at radius 2 is 2.25 bits per heavy atom. The average molecular weight is 225 g/mol. The van der Waals surface area contributed by atoms with Gasteiger partial charge in [-0.1, -0.05) is 6.92 Å². The van der Waals surface area contributed by atoms with E-state index >= 15 is 0 Å². The standard InChI is InChI=1S/C11H15NO4/c1-3-8(6-9(13)14)12-11(15)10-7(2)4-5-16-10/h4-5,8H,3,6H2,1-2H3,(H,12,15)(H,13,14). The molecule has 1 unspecified atom stereocenters. The van der Waals surface area contributed by atoms with Gasteiger partial charge in [0.05, 0.1) is 12.7 Å². The van der Waals surface area contributed by atoms with Crippen molar-refractivity contribution in [3.8, 4) is 0 Å². The molecule has 16 heavy (non-hydrogen) atoms. The first-order chi connectivity index (χ1) is 7.54. The summed E-state index contributed by atoms with van der Waals surface area (Å²) in [6, 6.07) is 1.32. The fourth-order valence-electron chi connectivity index (χ4n) is 1.36. The number of carbonyl (C=O) groups excluding carboxylic acids is 1. The third kappa shape index (κ3) is 3.12. The number of aliphatic carboxylic acids is 1. The lowest BCUT2D eigenvalue weighted by atomic mass is 10.1. The quantitative estimate of drug-likeness (QED) is 0.797. The zero-order chi connectivity index (χ0) is 12.1. The molecule has 0 aliphatic carbocycles. The van der Waals surface area contributed by atoms with Crippen molar-refractivity contribution in [3.63, 3.8) is 0 Å². The maximum Gasteiger partial charge on any atom is 0.305 e. The predicted molar refractivity (Wildman–Crippen MR) is 57.2 cm³/mol. The summed E-state index contributed by atoms with van der Waals surface area (Å²) >= 11 is 0. The van der Waals surface area contributed by atoms with Crippen LogP contribution in [0.3, 0.4) is 0 Å². The smallest absolute Gasteiger partial charge is 0.305 e. The number of carbonyl (C=O) groups is 2. The second-order valence-electron chi connectivity index (χ2n) is 3.61. The topological polar surface area (TPSA) is 79.5 Å². The minimum Gasteiger partial charge on any atom is -0.481 e. The Bertz CT molecular complexity index is 383. The Kier molecular flexibility index (Phi) is 4.10. The number of hydrogen-bond acceptors (Lipinski definition) is 3. The first-order valence-electron chi connectivity index (χ1n) is 5.11. The van der Waals surface area contributed by atoms with Crippen LogP contribution in [-0.2, 0) is 4.79 Å². The van der Waals surface area contributed by atoms with Crippen molar-refractivity contribution >= 4 is 11.9 Å². The molecule has 1 rings (SSSR count). The molecule has 1 atom stereocenters. The van der Waals surface area contributed by atoms with E-state index in [4.69, 9.17) is 9.52 Å². The normalized spacial score (nSPS) is 12.1. The number of furan rings is 1. The van der Waals surface area contributed by atoms with Gasteiger partial charge in [-0.2, -0.15) is 0 Å². The third-order valence-corrected chi connectivity index (χ3v) is 2.32. The van der Waals surface area contributed by atoms with Crippen molar-refractivity contribution in [3.05, 3.63) is 23.7 Å². The van der Waals surface area contributed by atoms with E-state index in [9.17, 15) is 9.59 Å². The van der Waals surface area contributed by atoms with E-state index in [-0.39, 0.29) is 24.1 Å². The van der Waals surface area contributed by atoms with Crippen LogP contribution in [0.5, 0.6) is 0 Å². The van der Waals surface area contributed by atoms with Crippen LogP contribution in [0.25, 0.3) is 0 Å². The summed E-state index contributed by atoms with van der Waals surface area (Å²) in [7, 11) is 0. The molecule has 0 bridgehead atoms. The summed E-state index contributed by atoms with van der Waals surface area (Å²) in [6.07, 6.45) is 1.92. The van der Waals surface area contributed by atoms with Gasteiger partial charge in [-0.05, 0) is 19.4 Å². The molecule has 0 saturated heterocycles. The van der Waals surface area contributed by atoms with Crippen LogP contribution in [0.15, 0.2) is 16.7 Å². The molecule has 0 fully saturated rings. The molecule has 0 saturated carbocycles. The fraction of sp³-hybridized carbons (Fsp3) is 0.455. The van der Waals surface area contributed by atoms with Crippen LogP contribution in [0.1, 0.15) is 35.9 Å². The summed E-state index contributed by atoms with van der Waals surface area (Å²) < 4.78 is 5.02. The summed E-state index contributed by atoms with van der Waals surface area (Å²) in [6.45, 7) is 3.58. The summed E-state index contributed by atoms with van der Waals surface area (Å²) in [4.78, 5) is 22.2. The summed E-state index contributed by atoms with van der Waals surface area (Å²) in [5, 5.41) is 11.3. The SMILES string of the molecule is CCC(CC(=O)O)NC(=O)c1occc1C. The van der Waals surface area contributed by atoms with E-state index in [1.807, 2.05) is 6.92 Å². The summed E-state index contributed by atoms with van der Waals surface area (Å²) in [5.41, 5.74) is 0.739. The lowest BCUT2D eigenvalue weighted by Gasteiger charge is -2.13. The van der Waals surface area contributed by atoms with Gasteiger partial charge < -0.3 is 14.8 Å². The molecule has 0 radical (unpaired) electrons. The molecule has 0 aliphatic heterocycles. The van der Waals surface area contributed by atoms with Gasteiger partial charge in [0.25, 0.3) is 5.91 Å². The Morgan fingerprint density at radius 3 is 2.69 bits per heavy atom. The average Bonchev–Trinajstić information content (AvgIpc) is 2.62. The number of carboxylic acids is 1. The summed E-state index contributed by atoms with van der Waals surface area (Å²) in [5.74, 6) is -1.05. The first-order valence-corrected chi connectivity index (χ1v) is 5.11. The van der Waals surface area contributed by atoms with Crippen LogP contribution >= 0.6 is 0 Å².